The van der Waals surface area contributed by atoms with Crippen LogP contribution in [-0.4, -0.2) is 0 Å². The second-order valence-corrected chi connectivity index (χ2v) is 12.1. The zero-order valence-corrected chi connectivity index (χ0v) is 25.3. The number of hydrogen-bond donors (Lipinski definition) is 0. The van der Waals surface area contributed by atoms with Crippen LogP contribution < -0.4 is 0 Å². The molecule has 0 heterocycles. The van der Waals surface area contributed by atoms with E-state index in [1.807, 2.05) is 0 Å². The number of benzene rings is 9. The van der Waals surface area contributed by atoms with Gasteiger partial charge in [0.1, 0.15) is 0 Å². The Morgan fingerprint density at radius 1 is 0.196 bits per heavy atom. The van der Waals surface area contributed by atoms with Gasteiger partial charge in [0.15, 0.2) is 0 Å². The highest BCUT2D eigenvalue weighted by molar-refractivity contribution is 6.16. The standard InChI is InChI=1S/C46H30/c1-3-14-32(15-4-1)42-27-37(35-24-23-31-13-7-8-18-34(31)25-35)28-45-43(33-16-5-2-6-17-33)29-38(30-46(42)45)44-26-36-19-9-10-20-39(36)40-21-11-12-22-41(40)44/h1-30H. The van der Waals surface area contributed by atoms with Gasteiger partial charge < -0.3 is 0 Å². The van der Waals surface area contributed by atoms with Gasteiger partial charge in [-0.1, -0.05) is 146 Å². The summed E-state index contributed by atoms with van der Waals surface area (Å²) in [5.74, 6) is 0. The van der Waals surface area contributed by atoms with Gasteiger partial charge in [0.05, 0.1) is 0 Å². The quantitative estimate of drug-likeness (QED) is 0.181. The molecule has 0 atom stereocenters. The van der Waals surface area contributed by atoms with Crippen LogP contribution in [0.3, 0.4) is 0 Å². The van der Waals surface area contributed by atoms with Crippen LogP contribution in [0.5, 0.6) is 0 Å². The third kappa shape index (κ3) is 4.47. The summed E-state index contributed by atoms with van der Waals surface area (Å²) in [6, 6.07) is 66.7. The van der Waals surface area contributed by atoms with Crippen molar-refractivity contribution in [3.8, 4) is 44.5 Å². The Balaban J connectivity index is 1.40. The van der Waals surface area contributed by atoms with Gasteiger partial charge in [0.2, 0.25) is 0 Å². The van der Waals surface area contributed by atoms with Gasteiger partial charge in [0, 0.05) is 0 Å². The molecule has 0 radical (unpaired) electrons. The lowest BCUT2D eigenvalue weighted by molar-refractivity contribution is 1.61. The van der Waals surface area contributed by atoms with Gasteiger partial charge in [-0.2, -0.15) is 0 Å². The van der Waals surface area contributed by atoms with Crippen molar-refractivity contribution in [3.63, 3.8) is 0 Å². The van der Waals surface area contributed by atoms with E-state index in [0.29, 0.717) is 0 Å². The fraction of sp³-hybridized carbons (Fsp3) is 0. The molecule has 0 aliphatic heterocycles. The Kier molecular flexibility index (Phi) is 6.25. The SMILES string of the molecule is c1ccc(-c2cc(-c3cc4ccccc4c4ccccc34)cc3c(-c4ccccc4)cc(-c4ccc5ccccc5c4)cc23)cc1. The lowest BCUT2D eigenvalue weighted by atomic mass is 9.85. The summed E-state index contributed by atoms with van der Waals surface area (Å²) in [7, 11) is 0. The van der Waals surface area contributed by atoms with Crippen molar-refractivity contribution >= 4 is 43.1 Å². The Hall–Kier alpha value is -5.98. The lowest BCUT2D eigenvalue weighted by Crippen LogP contribution is -1.92. The fourth-order valence-corrected chi connectivity index (χ4v) is 7.16. The normalized spacial score (nSPS) is 11.5. The van der Waals surface area contributed by atoms with Crippen LogP contribution in [0.4, 0.5) is 0 Å². The minimum Gasteiger partial charge on any atom is -0.0622 e. The van der Waals surface area contributed by atoms with Crippen LogP contribution in [0, 0.1) is 0 Å². The molecule has 0 amide bonds. The summed E-state index contributed by atoms with van der Waals surface area (Å²) < 4.78 is 0. The molecule has 9 aromatic rings. The molecule has 0 N–H and O–H groups in total. The third-order valence-electron chi connectivity index (χ3n) is 9.40. The summed E-state index contributed by atoms with van der Waals surface area (Å²) in [6.45, 7) is 0. The van der Waals surface area contributed by atoms with Gasteiger partial charge in [-0.15, -0.1) is 0 Å². The molecule has 0 spiro atoms. The molecule has 0 aromatic heterocycles. The van der Waals surface area contributed by atoms with E-state index >= 15 is 0 Å². The molecule has 0 fully saturated rings. The zero-order valence-electron chi connectivity index (χ0n) is 25.3. The van der Waals surface area contributed by atoms with E-state index in [0.717, 1.165) is 0 Å². The topological polar surface area (TPSA) is 0 Å². The Bertz CT molecular complexity index is 2560. The van der Waals surface area contributed by atoms with Gasteiger partial charge in [-0.05, 0) is 124 Å². The molecule has 0 aliphatic carbocycles. The van der Waals surface area contributed by atoms with Crippen molar-refractivity contribution in [2.24, 2.45) is 0 Å². The molecule has 0 saturated heterocycles. The van der Waals surface area contributed by atoms with E-state index in [1.165, 1.54) is 87.6 Å². The average Bonchev–Trinajstić information content (AvgIpc) is 3.14. The van der Waals surface area contributed by atoms with Crippen molar-refractivity contribution in [2.75, 3.05) is 0 Å². The first-order chi connectivity index (χ1) is 22.8. The summed E-state index contributed by atoms with van der Waals surface area (Å²) in [5.41, 5.74) is 9.84. The van der Waals surface area contributed by atoms with Crippen molar-refractivity contribution in [1.29, 1.82) is 0 Å². The fourth-order valence-electron chi connectivity index (χ4n) is 7.16. The molecule has 46 heavy (non-hydrogen) atoms. The Morgan fingerprint density at radius 3 is 1.39 bits per heavy atom. The van der Waals surface area contributed by atoms with Crippen LogP contribution >= 0.6 is 0 Å². The molecule has 9 rings (SSSR count). The molecule has 0 saturated carbocycles. The van der Waals surface area contributed by atoms with E-state index in [1.54, 1.807) is 0 Å². The predicted octanol–water partition coefficient (Wildman–Crippen LogP) is 13.0. The van der Waals surface area contributed by atoms with Crippen LogP contribution in [0.25, 0.3) is 87.6 Å². The smallest absolute Gasteiger partial charge is 0.00926 e. The van der Waals surface area contributed by atoms with Crippen LogP contribution in [0.2, 0.25) is 0 Å². The minimum atomic E-state index is 1.22. The van der Waals surface area contributed by atoms with Crippen molar-refractivity contribution in [2.45, 2.75) is 0 Å². The summed E-state index contributed by atoms with van der Waals surface area (Å²) in [5, 5.41) is 10.1. The Morgan fingerprint density at radius 2 is 0.696 bits per heavy atom. The van der Waals surface area contributed by atoms with Crippen LogP contribution in [-0.2, 0) is 0 Å². The summed E-state index contributed by atoms with van der Waals surface area (Å²) in [6.07, 6.45) is 0. The van der Waals surface area contributed by atoms with Gasteiger partial charge in [-0.3, -0.25) is 0 Å². The van der Waals surface area contributed by atoms with E-state index < -0.39 is 0 Å². The molecule has 9 aromatic carbocycles. The third-order valence-corrected chi connectivity index (χ3v) is 9.40. The molecular formula is C46H30. The summed E-state index contributed by atoms with van der Waals surface area (Å²) in [4.78, 5) is 0. The molecule has 0 unspecified atom stereocenters. The summed E-state index contributed by atoms with van der Waals surface area (Å²) >= 11 is 0. The van der Waals surface area contributed by atoms with Gasteiger partial charge >= 0.3 is 0 Å². The average molecular weight is 583 g/mol. The molecule has 0 nitrogen and oxygen atoms in total. The van der Waals surface area contributed by atoms with E-state index in [4.69, 9.17) is 0 Å². The number of hydrogen-bond acceptors (Lipinski definition) is 0. The maximum absolute atomic E-state index is 2.42. The second-order valence-electron chi connectivity index (χ2n) is 12.1. The largest absolute Gasteiger partial charge is 0.0622 e. The maximum Gasteiger partial charge on any atom is -0.00926 e. The number of rotatable bonds is 4. The number of fused-ring (bicyclic) bond motifs is 5. The zero-order chi connectivity index (χ0) is 30.5. The molecular weight excluding hydrogens is 553 g/mol. The highest BCUT2D eigenvalue weighted by Gasteiger charge is 2.17. The van der Waals surface area contributed by atoms with Crippen LogP contribution in [0.15, 0.2) is 182 Å². The minimum absolute atomic E-state index is 1.22. The first kappa shape index (κ1) is 26.4. The first-order valence-corrected chi connectivity index (χ1v) is 15.9. The van der Waals surface area contributed by atoms with Gasteiger partial charge in [-0.25, -0.2) is 0 Å². The van der Waals surface area contributed by atoms with E-state index in [2.05, 4.69) is 182 Å². The molecule has 0 bridgehead atoms. The molecule has 0 aliphatic rings. The first-order valence-electron chi connectivity index (χ1n) is 15.9. The van der Waals surface area contributed by atoms with Crippen LogP contribution in [0.1, 0.15) is 0 Å². The molecule has 0 heteroatoms. The highest BCUT2D eigenvalue weighted by Crippen LogP contribution is 2.44. The molecule has 214 valence electrons. The predicted molar refractivity (Wildman–Crippen MR) is 198 cm³/mol. The second kappa shape index (κ2) is 10.9. The van der Waals surface area contributed by atoms with Crippen molar-refractivity contribution in [1.82, 2.24) is 0 Å². The van der Waals surface area contributed by atoms with E-state index in [9.17, 15) is 0 Å². The highest BCUT2D eigenvalue weighted by atomic mass is 14.2. The monoisotopic (exact) mass is 582 g/mol. The van der Waals surface area contributed by atoms with Gasteiger partial charge in [0.25, 0.3) is 0 Å². The van der Waals surface area contributed by atoms with Crippen molar-refractivity contribution < 1.29 is 0 Å². The van der Waals surface area contributed by atoms with Crippen molar-refractivity contribution in [3.05, 3.63) is 182 Å². The maximum atomic E-state index is 2.42. The Labute approximate surface area is 268 Å². The van der Waals surface area contributed by atoms with E-state index in [-0.39, 0.29) is 0 Å². The lowest BCUT2D eigenvalue weighted by Gasteiger charge is -2.18.